The van der Waals surface area contributed by atoms with E-state index in [0.29, 0.717) is 11.7 Å². The highest BCUT2D eigenvalue weighted by Crippen LogP contribution is 2.23. The molecule has 2 atom stereocenters. The lowest BCUT2D eigenvalue weighted by atomic mass is 10.1. The van der Waals surface area contributed by atoms with Gasteiger partial charge in [-0.3, -0.25) is 4.79 Å². The summed E-state index contributed by atoms with van der Waals surface area (Å²) in [7, 11) is 0. The lowest BCUT2D eigenvalue weighted by molar-refractivity contribution is -0.141. The molecule has 0 aromatic carbocycles. The summed E-state index contributed by atoms with van der Waals surface area (Å²) < 4.78 is 0. The van der Waals surface area contributed by atoms with Crippen LogP contribution in [0.2, 0.25) is 0 Å². The fourth-order valence-electron chi connectivity index (χ4n) is 1.76. The van der Waals surface area contributed by atoms with Crippen LogP contribution in [0.1, 0.15) is 32.6 Å². The number of hydrogen-bond donors (Lipinski definition) is 2. The number of allylic oxidation sites excluding steroid dienone is 1. The minimum absolute atomic E-state index is 0.292. The zero-order chi connectivity index (χ0) is 12.7. The maximum atomic E-state index is 10.9. The third kappa shape index (κ3) is 5.77. The molecule has 0 spiro atoms. The lowest BCUT2D eigenvalue weighted by Crippen LogP contribution is -2.40. The molecule has 1 rings (SSSR count). The van der Waals surface area contributed by atoms with Crippen LogP contribution in [0.4, 0.5) is 0 Å². The van der Waals surface area contributed by atoms with Gasteiger partial charge in [-0.15, -0.1) is 0 Å². The molecular weight excluding hydrogens is 238 g/mol. The summed E-state index contributed by atoms with van der Waals surface area (Å²) in [6.07, 6.45) is 8.39. The Hall–Kier alpha value is -0.970. The number of carboxylic acid groups (broad SMARTS) is 1. The number of carbonyl (C=O) groups is 2. The number of nitrogens with one attached hydrogen (secondary N) is 1. The third-order valence-electron chi connectivity index (χ3n) is 2.62. The van der Waals surface area contributed by atoms with E-state index in [1.807, 2.05) is 0 Å². The molecule has 5 heteroatoms. The van der Waals surface area contributed by atoms with Gasteiger partial charge < -0.3 is 10.4 Å². The molecule has 0 heterocycles. The monoisotopic (exact) mass is 257 g/mol. The normalized spacial score (nSPS) is 20.9. The van der Waals surface area contributed by atoms with Crippen molar-refractivity contribution in [3.8, 4) is 0 Å². The van der Waals surface area contributed by atoms with Crippen molar-refractivity contribution in [1.29, 1.82) is 0 Å². The van der Waals surface area contributed by atoms with E-state index in [4.69, 9.17) is 5.11 Å². The molecular formula is C12H19NO3S. The molecule has 17 heavy (non-hydrogen) atoms. The zero-order valence-corrected chi connectivity index (χ0v) is 10.8. The fraction of sp³-hybridized carbons (Fsp3) is 0.667. The van der Waals surface area contributed by atoms with Gasteiger partial charge in [0.15, 0.2) is 0 Å². The average molecular weight is 257 g/mol. The Balaban J connectivity index is 2.26. The Morgan fingerprint density at radius 3 is 2.88 bits per heavy atom. The van der Waals surface area contributed by atoms with E-state index < -0.39 is 12.0 Å². The van der Waals surface area contributed by atoms with Gasteiger partial charge in [-0.2, -0.15) is 11.8 Å². The number of amides is 1. The van der Waals surface area contributed by atoms with Crippen LogP contribution in [-0.4, -0.2) is 34.0 Å². The second kappa shape index (κ2) is 7.37. The predicted molar refractivity (Wildman–Crippen MR) is 69.1 cm³/mol. The summed E-state index contributed by atoms with van der Waals surface area (Å²) in [5, 5.41) is 11.9. The van der Waals surface area contributed by atoms with E-state index in [1.54, 1.807) is 11.8 Å². The summed E-state index contributed by atoms with van der Waals surface area (Å²) in [6, 6.07) is -0.757. The number of carboxylic acids is 1. The Morgan fingerprint density at radius 2 is 2.35 bits per heavy atom. The van der Waals surface area contributed by atoms with Crippen LogP contribution in [0.25, 0.3) is 0 Å². The molecule has 0 fully saturated rings. The van der Waals surface area contributed by atoms with Crippen molar-refractivity contribution in [1.82, 2.24) is 5.32 Å². The molecule has 0 radical (unpaired) electrons. The summed E-state index contributed by atoms with van der Waals surface area (Å²) in [5.74, 6) is -0.494. The average Bonchev–Trinajstić information content (AvgIpc) is 2.28. The first-order valence-electron chi connectivity index (χ1n) is 5.87. The van der Waals surface area contributed by atoms with Crippen molar-refractivity contribution < 1.29 is 14.7 Å². The molecule has 0 saturated carbocycles. The van der Waals surface area contributed by atoms with Gasteiger partial charge >= 0.3 is 5.97 Å². The van der Waals surface area contributed by atoms with E-state index in [0.717, 1.165) is 12.2 Å². The molecule has 1 aliphatic rings. The molecule has 1 amide bonds. The number of carbonyl (C=O) groups excluding carboxylic acids is 1. The third-order valence-corrected chi connectivity index (χ3v) is 3.92. The Kier molecular flexibility index (Phi) is 6.11. The second-order valence-electron chi connectivity index (χ2n) is 4.15. The molecule has 0 bridgehead atoms. The van der Waals surface area contributed by atoms with E-state index in [9.17, 15) is 9.59 Å². The van der Waals surface area contributed by atoms with E-state index in [2.05, 4.69) is 17.5 Å². The van der Waals surface area contributed by atoms with Crippen LogP contribution in [0.15, 0.2) is 12.2 Å². The van der Waals surface area contributed by atoms with Gasteiger partial charge in [-0.05, 0) is 31.4 Å². The first-order chi connectivity index (χ1) is 8.09. The molecule has 0 saturated heterocycles. The van der Waals surface area contributed by atoms with Gasteiger partial charge in [-0.1, -0.05) is 12.2 Å². The van der Waals surface area contributed by atoms with Gasteiger partial charge in [0.1, 0.15) is 6.04 Å². The molecule has 96 valence electrons. The van der Waals surface area contributed by atoms with Crippen molar-refractivity contribution in [2.24, 2.45) is 0 Å². The van der Waals surface area contributed by atoms with Gasteiger partial charge in [0.2, 0.25) is 5.91 Å². The van der Waals surface area contributed by atoms with Crippen molar-refractivity contribution in [2.45, 2.75) is 43.9 Å². The van der Waals surface area contributed by atoms with Crippen molar-refractivity contribution in [3.05, 3.63) is 12.2 Å². The molecule has 2 N–H and O–H groups in total. The fourth-order valence-corrected chi connectivity index (χ4v) is 2.99. The van der Waals surface area contributed by atoms with Gasteiger partial charge in [0.05, 0.1) is 0 Å². The molecule has 0 aromatic rings. The smallest absolute Gasteiger partial charge is 0.326 e. The maximum Gasteiger partial charge on any atom is 0.326 e. The van der Waals surface area contributed by atoms with E-state index in [1.165, 1.54) is 19.8 Å². The highest BCUT2D eigenvalue weighted by molar-refractivity contribution is 8.00. The zero-order valence-electron chi connectivity index (χ0n) is 10.0. The molecule has 1 aliphatic carbocycles. The summed E-state index contributed by atoms with van der Waals surface area (Å²) in [5.41, 5.74) is 0. The van der Waals surface area contributed by atoms with E-state index in [-0.39, 0.29) is 5.91 Å². The largest absolute Gasteiger partial charge is 0.480 e. The number of rotatable bonds is 6. The van der Waals surface area contributed by atoms with Crippen molar-refractivity contribution in [3.63, 3.8) is 0 Å². The first-order valence-corrected chi connectivity index (χ1v) is 6.92. The van der Waals surface area contributed by atoms with Crippen LogP contribution in [0.5, 0.6) is 0 Å². The van der Waals surface area contributed by atoms with Gasteiger partial charge in [0.25, 0.3) is 0 Å². The minimum Gasteiger partial charge on any atom is -0.480 e. The standard InChI is InChI=1S/C12H19NO3S/c1-9(14)13-11(12(15)16)7-8-17-10-5-3-2-4-6-10/h3,5,10-11H,2,4,6-8H2,1H3,(H,13,14)(H,15,16). The van der Waals surface area contributed by atoms with Crippen LogP contribution < -0.4 is 5.32 Å². The number of aliphatic carboxylic acids is 1. The highest BCUT2D eigenvalue weighted by Gasteiger charge is 2.18. The quantitative estimate of drug-likeness (QED) is 0.712. The van der Waals surface area contributed by atoms with E-state index >= 15 is 0 Å². The maximum absolute atomic E-state index is 10.9. The summed E-state index contributed by atoms with van der Waals surface area (Å²) in [4.78, 5) is 21.7. The SMILES string of the molecule is CC(=O)NC(CCSC1C=CCCC1)C(=O)O. The number of hydrogen-bond acceptors (Lipinski definition) is 3. The van der Waals surface area contributed by atoms with Crippen LogP contribution in [0.3, 0.4) is 0 Å². The van der Waals surface area contributed by atoms with Crippen LogP contribution >= 0.6 is 11.8 Å². The van der Waals surface area contributed by atoms with Crippen molar-refractivity contribution >= 4 is 23.6 Å². The minimum atomic E-state index is -0.958. The number of thioether (sulfide) groups is 1. The predicted octanol–water partition coefficient (Wildman–Crippen LogP) is 1.81. The topological polar surface area (TPSA) is 66.4 Å². The lowest BCUT2D eigenvalue weighted by Gasteiger charge is -2.17. The summed E-state index contributed by atoms with van der Waals surface area (Å²) >= 11 is 1.77. The molecule has 0 aliphatic heterocycles. The Bertz CT molecular complexity index is 304. The van der Waals surface area contributed by atoms with Gasteiger partial charge in [0, 0.05) is 12.2 Å². The van der Waals surface area contributed by atoms with Crippen molar-refractivity contribution in [2.75, 3.05) is 5.75 Å². The first kappa shape index (κ1) is 14.1. The summed E-state index contributed by atoms with van der Waals surface area (Å²) in [6.45, 7) is 1.34. The van der Waals surface area contributed by atoms with Crippen LogP contribution in [0, 0.1) is 0 Å². The van der Waals surface area contributed by atoms with Crippen LogP contribution in [-0.2, 0) is 9.59 Å². The Labute approximate surface area is 106 Å². The molecule has 4 nitrogen and oxygen atoms in total. The molecule has 0 aromatic heterocycles. The van der Waals surface area contributed by atoms with Gasteiger partial charge in [-0.25, -0.2) is 4.79 Å². The molecule has 2 unspecified atom stereocenters. The highest BCUT2D eigenvalue weighted by atomic mass is 32.2. The Morgan fingerprint density at radius 1 is 1.59 bits per heavy atom. The second-order valence-corrected chi connectivity index (χ2v) is 5.50.